The standard InChI is InChI=1S/C21H16FN3OS/c1-27(26)18-8-4-14(5-9-18)19-20(15-10-12-23-13-11-15)25-21(24-19)16-2-6-17(22)7-3-16/h2-13H,1H3,(H,24,25). The largest absolute Gasteiger partial charge is 0.612 e. The van der Waals surface area contributed by atoms with Crippen molar-refractivity contribution >= 4 is 11.2 Å². The Morgan fingerprint density at radius 1 is 0.852 bits per heavy atom. The summed E-state index contributed by atoms with van der Waals surface area (Å²) in [7, 11) is 0. The summed E-state index contributed by atoms with van der Waals surface area (Å²) in [4.78, 5) is 12.9. The van der Waals surface area contributed by atoms with Crippen molar-refractivity contribution < 1.29 is 8.94 Å². The number of imidazole rings is 1. The van der Waals surface area contributed by atoms with Crippen LogP contribution in [-0.2, 0) is 11.2 Å². The van der Waals surface area contributed by atoms with Crippen molar-refractivity contribution in [1.82, 2.24) is 15.0 Å². The lowest BCUT2D eigenvalue weighted by Gasteiger charge is -2.06. The molecular formula is C21H16FN3OS. The average molecular weight is 377 g/mol. The van der Waals surface area contributed by atoms with Crippen LogP contribution in [0.2, 0.25) is 0 Å². The zero-order chi connectivity index (χ0) is 18.8. The molecule has 6 heteroatoms. The molecule has 1 atom stereocenters. The molecule has 4 nitrogen and oxygen atoms in total. The lowest BCUT2D eigenvalue weighted by molar-refractivity contribution is 0.601. The average Bonchev–Trinajstić information content (AvgIpc) is 3.15. The van der Waals surface area contributed by atoms with Gasteiger partial charge in [-0.05, 0) is 71.8 Å². The molecule has 0 saturated carbocycles. The van der Waals surface area contributed by atoms with Crippen LogP contribution in [0.1, 0.15) is 0 Å². The van der Waals surface area contributed by atoms with Crippen LogP contribution in [0.4, 0.5) is 4.39 Å². The molecule has 1 unspecified atom stereocenters. The molecule has 4 aromatic rings. The van der Waals surface area contributed by atoms with Gasteiger partial charge in [-0.15, -0.1) is 0 Å². The number of pyridine rings is 1. The number of hydrogen-bond acceptors (Lipinski definition) is 3. The van der Waals surface area contributed by atoms with E-state index in [1.165, 1.54) is 12.1 Å². The Morgan fingerprint density at radius 3 is 2.11 bits per heavy atom. The molecule has 4 rings (SSSR count). The van der Waals surface area contributed by atoms with E-state index >= 15 is 0 Å². The third-order valence-corrected chi connectivity index (χ3v) is 5.19. The normalized spacial score (nSPS) is 12.1. The molecule has 1 N–H and O–H groups in total. The summed E-state index contributed by atoms with van der Waals surface area (Å²) in [6.07, 6.45) is 5.10. The second-order valence-electron chi connectivity index (χ2n) is 6.03. The molecule has 27 heavy (non-hydrogen) atoms. The number of nitrogens with zero attached hydrogens (tertiary/aromatic N) is 2. The molecule has 0 aliphatic carbocycles. The highest BCUT2D eigenvalue weighted by atomic mass is 32.2. The van der Waals surface area contributed by atoms with Crippen molar-refractivity contribution in [1.29, 1.82) is 0 Å². The highest BCUT2D eigenvalue weighted by Gasteiger charge is 2.16. The summed E-state index contributed by atoms with van der Waals surface area (Å²) < 4.78 is 24.9. The van der Waals surface area contributed by atoms with Gasteiger partial charge in [0, 0.05) is 29.1 Å². The molecule has 0 bridgehead atoms. The molecule has 0 spiro atoms. The maximum absolute atomic E-state index is 13.3. The Kier molecular flexibility index (Phi) is 4.75. The number of hydrogen-bond donors (Lipinski definition) is 1. The van der Waals surface area contributed by atoms with Gasteiger partial charge in [-0.2, -0.15) is 0 Å². The number of aromatic nitrogens is 3. The van der Waals surface area contributed by atoms with E-state index in [0.29, 0.717) is 5.82 Å². The Balaban J connectivity index is 1.84. The predicted octanol–water partition coefficient (Wildman–Crippen LogP) is 4.68. The van der Waals surface area contributed by atoms with Crippen LogP contribution in [0.3, 0.4) is 0 Å². The molecule has 0 aliphatic heterocycles. The fraction of sp³-hybridized carbons (Fsp3) is 0.0476. The van der Waals surface area contributed by atoms with Gasteiger partial charge in [0.2, 0.25) is 0 Å². The van der Waals surface area contributed by atoms with Crippen LogP contribution in [0, 0.1) is 5.82 Å². The molecule has 134 valence electrons. The van der Waals surface area contributed by atoms with Crippen LogP contribution in [0.25, 0.3) is 33.9 Å². The van der Waals surface area contributed by atoms with Gasteiger partial charge in [0.25, 0.3) is 0 Å². The van der Waals surface area contributed by atoms with Gasteiger partial charge < -0.3 is 9.54 Å². The molecule has 0 radical (unpaired) electrons. The van der Waals surface area contributed by atoms with Crippen LogP contribution in [-0.4, -0.2) is 25.8 Å². The first-order chi connectivity index (χ1) is 13.1. The maximum atomic E-state index is 13.3. The van der Waals surface area contributed by atoms with Crippen molar-refractivity contribution in [3.05, 3.63) is 78.9 Å². The third kappa shape index (κ3) is 3.63. The highest BCUT2D eigenvalue weighted by Crippen LogP contribution is 2.33. The molecule has 2 aromatic carbocycles. The monoisotopic (exact) mass is 377 g/mol. The van der Waals surface area contributed by atoms with Crippen LogP contribution >= 0.6 is 0 Å². The summed E-state index contributed by atoms with van der Waals surface area (Å²) in [6, 6.07) is 17.5. The number of aromatic amines is 1. The van der Waals surface area contributed by atoms with Crippen molar-refractivity contribution in [3.63, 3.8) is 0 Å². The summed E-state index contributed by atoms with van der Waals surface area (Å²) in [5.74, 6) is 0.364. The van der Waals surface area contributed by atoms with Gasteiger partial charge in [-0.3, -0.25) is 4.98 Å². The van der Waals surface area contributed by atoms with Gasteiger partial charge in [0.15, 0.2) is 4.90 Å². The second-order valence-corrected chi connectivity index (χ2v) is 7.41. The minimum Gasteiger partial charge on any atom is -0.612 e. The topological polar surface area (TPSA) is 64.6 Å². The maximum Gasteiger partial charge on any atom is 0.152 e. The van der Waals surface area contributed by atoms with Gasteiger partial charge in [0.1, 0.15) is 17.9 Å². The number of benzene rings is 2. The van der Waals surface area contributed by atoms with E-state index < -0.39 is 11.2 Å². The second kappa shape index (κ2) is 7.34. The van der Waals surface area contributed by atoms with Crippen molar-refractivity contribution in [2.75, 3.05) is 6.26 Å². The first kappa shape index (κ1) is 17.5. The molecular weight excluding hydrogens is 361 g/mol. The summed E-state index contributed by atoms with van der Waals surface area (Å²) in [6.45, 7) is 0. The number of nitrogens with one attached hydrogen (secondary N) is 1. The predicted molar refractivity (Wildman–Crippen MR) is 105 cm³/mol. The fourth-order valence-corrected chi connectivity index (χ4v) is 3.38. The summed E-state index contributed by atoms with van der Waals surface area (Å²) >= 11 is -1.03. The fourth-order valence-electron chi connectivity index (χ4n) is 2.86. The van der Waals surface area contributed by atoms with E-state index in [2.05, 4.69) is 9.97 Å². The van der Waals surface area contributed by atoms with Crippen molar-refractivity contribution in [2.45, 2.75) is 4.90 Å². The molecule has 2 heterocycles. The van der Waals surface area contributed by atoms with E-state index in [9.17, 15) is 8.94 Å². The first-order valence-corrected chi connectivity index (χ1v) is 9.88. The van der Waals surface area contributed by atoms with E-state index in [1.54, 1.807) is 30.8 Å². The number of H-pyrrole nitrogens is 1. The van der Waals surface area contributed by atoms with E-state index in [4.69, 9.17) is 4.98 Å². The molecule has 0 fully saturated rings. The minimum absolute atomic E-state index is 0.289. The lowest BCUT2D eigenvalue weighted by atomic mass is 10.1. The zero-order valence-corrected chi connectivity index (χ0v) is 15.3. The molecule has 0 amide bonds. The van der Waals surface area contributed by atoms with Crippen LogP contribution in [0.15, 0.2) is 78.0 Å². The smallest absolute Gasteiger partial charge is 0.152 e. The molecule has 0 aliphatic rings. The lowest BCUT2D eigenvalue weighted by Crippen LogP contribution is -1.96. The molecule has 2 aromatic heterocycles. The Labute approximate surface area is 159 Å². The Morgan fingerprint density at radius 2 is 1.48 bits per heavy atom. The van der Waals surface area contributed by atoms with Crippen molar-refractivity contribution in [2.24, 2.45) is 0 Å². The Hall–Kier alpha value is -2.96. The zero-order valence-electron chi connectivity index (χ0n) is 14.5. The third-order valence-electron chi connectivity index (χ3n) is 4.25. The number of rotatable bonds is 4. The van der Waals surface area contributed by atoms with Crippen LogP contribution in [0.5, 0.6) is 0 Å². The minimum atomic E-state index is -1.03. The summed E-state index contributed by atoms with van der Waals surface area (Å²) in [5, 5.41) is 0. The summed E-state index contributed by atoms with van der Waals surface area (Å²) in [5.41, 5.74) is 4.27. The number of halogens is 1. The van der Waals surface area contributed by atoms with Gasteiger partial charge in [0.05, 0.1) is 11.4 Å². The van der Waals surface area contributed by atoms with Crippen molar-refractivity contribution in [3.8, 4) is 33.9 Å². The van der Waals surface area contributed by atoms with Crippen LogP contribution < -0.4 is 0 Å². The quantitative estimate of drug-likeness (QED) is 0.525. The van der Waals surface area contributed by atoms with Gasteiger partial charge >= 0.3 is 0 Å². The van der Waals surface area contributed by atoms with E-state index in [1.807, 2.05) is 36.4 Å². The van der Waals surface area contributed by atoms with Gasteiger partial charge in [-0.1, -0.05) is 0 Å². The first-order valence-electron chi connectivity index (χ1n) is 8.32. The Bertz CT molecular complexity index is 1050. The van der Waals surface area contributed by atoms with E-state index in [0.717, 1.165) is 33.0 Å². The highest BCUT2D eigenvalue weighted by molar-refractivity contribution is 7.90. The van der Waals surface area contributed by atoms with E-state index in [-0.39, 0.29) is 5.82 Å². The molecule has 0 saturated heterocycles. The van der Waals surface area contributed by atoms with Gasteiger partial charge in [-0.25, -0.2) is 9.37 Å². The SMILES string of the molecule is C[S+]([O-])c1ccc(-c2nc(-c3ccc(F)cc3)[nH]c2-c2ccncc2)cc1.